The van der Waals surface area contributed by atoms with Gasteiger partial charge in [0.15, 0.2) is 5.75 Å². The molecule has 0 aliphatic carbocycles. The van der Waals surface area contributed by atoms with Crippen molar-refractivity contribution < 1.29 is 13.9 Å². The summed E-state index contributed by atoms with van der Waals surface area (Å²) in [4.78, 5) is 17.3. The van der Waals surface area contributed by atoms with Crippen molar-refractivity contribution in [3.05, 3.63) is 90.4 Å². The molecule has 0 saturated carbocycles. The largest absolute Gasteiger partial charge is 0.465 e. The van der Waals surface area contributed by atoms with Crippen molar-refractivity contribution in [2.75, 3.05) is 6.61 Å². The summed E-state index contributed by atoms with van der Waals surface area (Å²) in [5, 5.41) is 0. The first-order chi connectivity index (χ1) is 16.1. The summed E-state index contributed by atoms with van der Waals surface area (Å²) in [5.74, 6) is 0.667. The molecule has 0 radical (unpaired) electrons. The smallest absolute Gasteiger partial charge is 0.283 e. The molecule has 2 aliphatic rings. The Balaban J connectivity index is 1.58. The molecule has 8 heteroatoms. The summed E-state index contributed by atoms with van der Waals surface area (Å²) in [5.41, 5.74) is 9.49. The molecular formula is C25H18FN5O2. The third-order valence-corrected chi connectivity index (χ3v) is 6.00. The number of hydrogen-bond donors (Lipinski definition) is 1. The minimum atomic E-state index is -0.861. The zero-order chi connectivity index (χ0) is 22.4. The van der Waals surface area contributed by atoms with Crippen molar-refractivity contribution in [1.82, 2.24) is 15.0 Å². The SMILES string of the molecule is NC1=N[C@]2(CCO1)c1cc(-c3cccnc3F)ccc1Oc1cnc(-c3cccnc3)cc12. The van der Waals surface area contributed by atoms with Crippen LogP contribution in [0.3, 0.4) is 0 Å². The van der Waals surface area contributed by atoms with E-state index in [1.54, 1.807) is 36.8 Å². The topological polar surface area (TPSA) is 95.5 Å². The van der Waals surface area contributed by atoms with Crippen LogP contribution in [0.2, 0.25) is 0 Å². The molecule has 5 heterocycles. The monoisotopic (exact) mass is 439 g/mol. The number of benzene rings is 1. The third-order valence-electron chi connectivity index (χ3n) is 6.00. The highest BCUT2D eigenvalue weighted by molar-refractivity contribution is 5.77. The van der Waals surface area contributed by atoms with Crippen molar-refractivity contribution in [2.24, 2.45) is 10.7 Å². The van der Waals surface area contributed by atoms with E-state index in [0.717, 1.165) is 22.4 Å². The fourth-order valence-electron chi connectivity index (χ4n) is 4.46. The van der Waals surface area contributed by atoms with Gasteiger partial charge in [0.2, 0.25) is 5.95 Å². The lowest BCUT2D eigenvalue weighted by molar-refractivity contribution is 0.219. The molecule has 0 fully saturated rings. The first-order valence-corrected chi connectivity index (χ1v) is 10.5. The fraction of sp³-hybridized carbons (Fsp3) is 0.120. The molecule has 0 bridgehead atoms. The van der Waals surface area contributed by atoms with E-state index < -0.39 is 11.5 Å². The standard InChI is InChI=1S/C25H18FN5O2/c26-23-17(4-2-9-29-23)15-5-6-21-18(11-15)25(7-10-32-24(27)31-25)19-12-20(30-14-22(19)33-21)16-3-1-8-28-13-16/h1-6,8-9,11-14H,7,10H2,(H2,27,31)/t25-/m1/s1. The summed E-state index contributed by atoms with van der Waals surface area (Å²) in [6, 6.07) is 14.8. The van der Waals surface area contributed by atoms with Gasteiger partial charge in [-0.3, -0.25) is 9.97 Å². The van der Waals surface area contributed by atoms with E-state index in [9.17, 15) is 4.39 Å². The molecule has 7 nitrogen and oxygen atoms in total. The minimum absolute atomic E-state index is 0.0951. The highest BCUT2D eigenvalue weighted by atomic mass is 19.1. The van der Waals surface area contributed by atoms with Gasteiger partial charge in [0.05, 0.1) is 18.5 Å². The van der Waals surface area contributed by atoms with Crippen molar-refractivity contribution in [2.45, 2.75) is 12.0 Å². The summed E-state index contributed by atoms with van der Waals surface area (Å²) in [6.45, 7) is 0.379. The molecule has 0 saturated heterocycles. The molecular weight excluding hydrogens is 421 g/mol. The van der Waals surface area contributed by atoms with Crippen molar-refractivity contribution in [1.29, 1.82) is 0 Å². The van der Waals surface area contributed by atoms with Gasteiger partial charge in [-0.15, -0.1) is 0 Å². The summed E-state index contributed by atoms with van der Waals surface area (Å²) < 4.78 is 26.1. The first-order valence-electron chi connectivity index (χ1n) is 10.5. The lowest BCUT2D eigenvalue weighted by Crippen LogP contribution is -2.38. The van der Waals surface area contributed by atoms with Gasteiger partial charge in [-0.05, 0) is 48.0 Å². The predicted molar refractivity (Wildman–Crippen MR) is 120 cm³/mol. The fourth-order valence-corrected chi connectivity index (χ4v) is 4.46. The third kappa shape index (κ3) is 3.10. The van der Waals surface area contributed by atoms with E-state index in [1.807, 2.05) is 30.3 Å². The maximum absolute atomic E-state index is 14.5. The molecule has 1 atom stereocenters. The van der Waals surface area contributed by atoms with Gasteiger partial charge >= 0.3 is 0 Å². The number of aromatic nitrogens is 3. The zero-order valence-corrected chi connectivity index (χ0v) is 17.4. The van der Waals surface area contributed by atoms with Crippen LogP contribution in [0.4, 0.5) is 4.39 Å². The second-order valence-electron chi connectivity index (χ2n) is 7.87. The number of nitrogens with two attached hydrogens (primary N) is 1. The van der Waals surface area contributed by atoms with Gasteiger partial charge in [-0.25, -0.2) is 9.98 Å². The maximum atomic E-state index is 14.5. The Bertz CT molecular complexity index is 1410. The normalized spacial score (nSPS) is 18.5. The molecule has 0 amide bonds. The molecule has 2 N–H and O–H groups in total. The Morgan fingerprint density at radius 3 is 2.61 bits per heavy atom. The quantitative estimate of drug-likeness (QED) is 0.464. The van der Waals surface area contributed by atoms with Gasteiger partial charge in [0.25, 0.3) is 6.02 Å². The van der Waals surface area contributed by atoms with Gasteiger partial charge in [-0.1, -0.05) is 6.07 Å². The van der Waals surface area contributed by atoms with Crippen LogP contribution < -0.4 is 10.5 Å². The summed E-state index contributed by atoms with van der Waals surface area (Å²) in [6.07, 6.45) is 7.12. The number of hydrogen-bond acceptors (Lipinski definition) is 7. The van der Waals surface area contributed by atoms with E-state index in [0.29, 0.717) is 35.7 Å². The van der Waals surface area contributed by atoms with Crippen molar-refractivity contribution in [3.8, 4) is 33.9 Å². The van der Waals surface area contributed by atoms with Crippen LogP contribution in [0.15, 0.2) is 78.3 Å². The summed E-state index contributed by atoms with van der Waals surface area (Å²) >= 11 is 0. The first kappa shape index (κ1) is 19.4. The lowest BCUT2D eigenvalue weighted by Gasteiger charge is -2.39. The lowest BCUT2D eigenvalue weighted by atomic mass is 9.77. The van der Waals surface area contributed by atoms with Crippen LogP contribution in [-0.2, 0) is 10.3 Å². The van der Waals surface area contributed by atoms with Crippen LogP contribution in [-0.4, -0.2) is 27.6 Å². The van der Waals surface area contributed by atoms with E-state index in [-0.39, 0.29) is 6.02 Å². The van der Waals surface area contributed by atoms with Crippen LogP contribution in [0.1, 0.15) is 17.5 Å². The average molecular weight is 439 g/mol. The zero-order valence-electron chi connectivity index (χ0n) is 17.4. The predicted octanol–water partition coefficient (Wildman–Crippen LogP) is 4.43. The Labute approximate surface area is 188 Å². The van der Waals surface area contributed by atoms with Gasteiger partial charge in [0, 0.05) is 47.3 Å². The molecule has 6 rings (SSSR count). The Hall–Kier alpha value is -4.33. The molecule has 33 heavy (non-hydrogen) atoms. The highest BCUT2D eigenvalue weighted by Crippen LogP contribution is 2.53. The number of nitrogens with zero attached hydrogens (tertiary/aromatic N) is 4. The van der Waals surface area contributed by atoms with Crippen LogP contribution in [0.5, 0.6) is 11.5 Å². The molecule has 162 valence electrons. The van der Waals surface area contributed by atoms with E-state index in [4.69, 9.17) is 20.2 Å². The van der Waals surface area contributed by atoms with E-state index >= 15 is 0 Å². The average Bonchev–Trinajstić information content (AvgIpc) is 2.85. The van der Waals surface area contributed by atoms with Crippen molar-refractivity contribution >= 4 is 6.02 Å². The number of halogens is 1. The maximum Gasteiger partial charge on any atom is 0.283 e. The van der Waals surface area contributed by atoms with Crippen LogP contribution >= 0.6 is 0 Å². The number of aliphatic imine (C=N–C) groups is 1. The van der Waals surface area contributed by atoms with Crippen LogP contribution in [0, 0.1) is 5.95 Å². The minimum Gasteiger partial charge on any atom is -0.465 e. The van der Waals surface area contributed by atoms with Crippen molar-refractivity contribution in [3.63, 3.8) is 0 Å². The highest BCUT2D eigenvalue weighted by Gasteiger charge is 2.45. The number of ether oxygens (including phenoxy) is 2. The second kappa shape index (κ2) is 7.37. The van der Waals surface area contributed by atoms with Crippen LogP contribution in [0.25, 0.3) is 22.4 Å². The molecule has 2 aliphatic heterocycles. The number of amidine groups is 1. The second-order valence-corrected chi connectivity index (χ2v) is 7.87. The summed E-state index contributed by atoms with van der Waals surface area (Å²) in [7, 11) is 0. The molecule has 0 unspecified atom stereocenters. The van der Waals surface area contributed by atoms with E-state index in [1.165, 1.54) is 6.20 Å². The van der Waals surface area contributed by atoms with Gasteiger partial charge in [0.1, 0.15) is 11.3 Å². The molecule has 4 aromatic rings. The van der Waals surface area contributed by atoms with Gasteiger partial charge < -0.3 is 15.2 Å². The number of pyridine rings is 3. The Morgan fingerprint density at radius 1 is 0.909 bits per heavy atom. The Kier molecular flexibility index (Phi) is 4.33. The van der Waals surface area contributed by atoms with E-state index in [2.05, 4.69) is 15.0 Å². The molecule has 1 aromatic carbocycles. The number of rotatable bonds is 2. The van der Waals surface area contributed by atoms with Gasteiger partial charge in [-0.2, -0.15) is 4.39 Å². The molecule has 1 spiro atoms. The number of fused-ring (bicyclic) bond motifs is 4. The molecule has 3 aromatic heterocycles. The Morgan fingerprint density at radius 2 is 1.79 bits per heavy atom.